The average Bonchev–Trinajstić information content (AvgIpc) is 3.50. The summed E-state index contributed by atoms with van der Waals surface area (Å²) in [6.45, 7) is 4.34. The number of fused-ring (bicyclic) bond motifs is 2. The van der Waals surface area contributed by atoms with Crippen molar-refractivity contribution in [2.75, 3.05) is 18.4 Å². The molecule has 10 heteroatoms. The summed E-state index contributed by atoms with van der Waals surface area (Å²) >= 11 is 0. The summed E-state index contributed by atoms with van der Waals surface area (Å²) in [6.07, 6.45) is 8.06. The number of piperidine rings is 1. The van der Waals surface area contributed by atoms with Gasteiger partial charge in [0.2, 0.25) is 0 Å². The largest absolute Gasteiger partial charge is 0.457 e. The maximum atomic E-state index is 11.6. The van der Waals surface area contributed by atoms with Crippen LogP contribution in [0.4, 0.5) is 11.5 Å². The number of nitrogens with zero attached hydrogens (tertiary/aromatic N) is 7. The first-order valence-corrected chi connectivity index (χ1v) is 11.5. The number of Topliss-reactive ketones (excluding diaryl/α,β-unsaturated/α-hetero) is 1. The molecule has 5 heterocycles. The molecule has 0 aliphatic carbocycles. The molecule has 4 aromatic heterocycles. The van der Waals surface area contributed by atoms with E-state index in [1.54, 1.807) is 10.8 Å². The third-order valence-electron chi connectivity index (χ3n) is 6.26. The molecule has 0 amide bonds. The third kappa shape index (κ3) is 4.31. The zero-order valence-electron chi connectivity index (χ0n) is 19.3. The van der Waals surface area contributed by atoms with E-state index in [1.807, 2.05) is 54.2 Å². The number of likely N-dealkylation sites (tertiary alicyclic amines) is 1. The Morgan fingerprint density at radius 1 is 0.971 bits per heavy atom. The van der Waals surface area contributed by atoms with E-state index in [0.717, 1.165) is 59.2 Å². The van der Waals surface area contributed by atoms with E-state index in [0.29, 0.717) is 24.4 Å². The van der Waals surface area contributed by atoms with Gasteiger partial charge in [-0.3, -0.25) is 9.69 Å². The minimum Gasteiger partial charge on any atom is -0.457 e. The monoisotopic (exact) mass is 468 g/mol. The lowest BCUT2D eigenvalue weighted by Crippen LogP contribution is -2.33. The average molecular weight is 469 g/mol. The highest BCUT2D eigenvalue weighted by atomic mass is 16.5. The van der Waals surface area contributed by atoms with Gasteiger partial charge in [-0.05, 0) is 48.4 Å². The van der Waals surface area contributed by atoms with Gasteiger partial charge in [-0.25, -0.2) is 19.0 Å². The minimum atomic E-state index is 0.343. The van der Waals surface area contributed by atoms with Crippen molar-refractivity contribution in [2.45, 2.75) is 26.3 Å². The molecule has 1 saturated heterocycles. The zero-order chi connectivity index (χ0) is 23.8. The van der Waals surface area contributed by atoms with Crippen LogP contribution in [-0.2, 0) is 11.3 Å². The summed E-state index contributed by atoms with van der Waals surface area (Å²) in [7, 11) is 0. The van der Waals surface area contributed by atoms with Gasteiger partial charge in [-0.15, -0.1) is 0 Å². The van der Waals surface area contributed by atoms with Crippen molar-refractivity contribution in [1.29, 1.82) is 0 Å². The maximum absolute atomic E-state index is 11.6. The van der Waals surface area contributed by atoms with Crippen LogP contribution in [0.25, 0.3) is 11.2 Å². The van der Waals surface area contributed by atoms with Crippen LogP contribution in [0.3, 0.4) is 0 Å². The van der Waals surface area contributed by atoms with Gasteiger partial charge in [0.1, 0.15) is 35.5 Å². The van der Waals surface area contributed by atoms with Gasteiger partial charge in [-0.2, -0.15) is 10.2 Å². The smallest absolute Gasteiger partial charge is 0.158 e. The van der Waals surface area contributed by atoms with Crippen LogP contribution in [-0.4, -0.2) is 53.0 Å². The highest BCUT2D eigenvalue weighted by Crippen LogP contribution is 2.30. The van der Waals surface area contributed by atoms with Gasteiger partial charge in [-0.1, -0.05) is 0 Å². The molecule has 0 saturated carbocycles. The summed E-state index contributed by atoms with van der Waals surface area (Å²) in [6, 6.07) is 11.7. The molecule has 10 nitrogen and oxygen atoms in total. The fourth-order valence-corrected chi connectivity index (χ4v) is 4.40. The fraction of sp³-hybridized carbons (Fsp3) is 0.240. The SMILES string of the molecule is Cc1cc(Nc2ncnn3ccc(CN4CCC(=O)CC4)c23)ccc1Oc1ccn2ncnc2c1. The number of carbonyl (C=O) groups excluding carboxylic acids is 1. The molecule has 176 valence electrons. The van der Waals surface area contributed by atoms with Crippen molar-refractivity contribution < 1.29 is 9.53 Å². The summed E-state index contributed by atoms with van der Waals surface area (Å²) in [5, 5.41) is 11.9. The van der Waals surface area contributed by atoms with Gasteiger partial charge in [0.15, 0.2) is 11.5 Å². The van der Waals surface area contributed by atoms with Crippen LogP contribution in [0, 0.1) is 6.92 Å². The molecule has 0 radical (unpaired) electrons. The summed E-state index contributed by atoms with van der Waals surface area (Å²) in [5.41, 5.74) is 4.67. The Hall–Kier alpha value is -4.31. The molecule has 1 fully saturated rings. The number of benzene rings is 1. The number of rotatable bonds is 6. The van der Waals surface area contributed by atoms with Crippen molar-refractivity contribution >= 4 is 28.5 Å². The fourth-order valence-electron chi connectivity index (χ4n) is 4.40. The maximum Gasteiger partial charge on any atom is 0.158 e. The van der Waals surface area contributed by atoms with E-state index in [9.17, 15) is 4.79 Å². The number of ketones is 1. The first-order valence-electron chi connectivity index (χ1n) is 11.5. The number of ether oxygens (including phenoxy) is 1. The van der Waals surface area contributed by atoms with Gasteiger partial charge in [0.25, 0.3) is 0 Å². The number of aromatic nitrogens is 6. The van der Waals surface area contributed by atoms with Crippen LogP contribution in [0.1, 0.15) is 24.0 Å². The highest BCUT2D eigenvalue weighted by Gasteiger charge is 2.19. The van der Waals surface area contributed by atoms with E-state index >= 15 is 0 Å². The van der Waals surface area contributed by atoms with Crippen molar-refractivity contribution in [3.05, 3.63) is 72.6 Å². The molecule has 0 bridgehead atoms. The predicted molar refractivity (Wildman–Crippen MR) is 130 cm³/mol. The molecule has 0 spiro atoms. The molecule has 1 N–H and O–H groups in total. The Kier molecular flexibility index (Phi) is 5.34. The van der Waals surface area contributed by atoms with Crippen LogP contribution >= 0.6 is 0 Å². The second-order valence-corrected chi connectivity index (χ2v) is 8.69. The van der Waals surface area contributed by atoms with Crippen molar-refractivity contribution in [3.63, 3.8) is 0 Å². The zero-order valence-corrected chi connectivity index (χ0v) is 19.3. The van der Waals surface area contributed by atoms with Crippen LogP contribution < -0.4 is 10.1 Å². The lowest BCUT2D eigenvalue weighted by atomic mass is 10.1. The predicted octanol–water partition coefficient (Wildman–Crippen LogP) is 3.78. The third-order valence-corrected chi connectivity index (χ3v) is 6.26. The molecule has 35 heavy (non-hydrogen) atoms. The summed E-state index contributed by atoms with van der Waals surface area (Å²) < 4.78 is 9.62. The molecular formula is C25H24N8O2. The second-order valence-electron chi connectivity index (χ2n) is 8.69. The van der Waals surface area contributed by atoms with Crippen LogP contribution in [0.15, 0.2) is 61.4 Å². The molecule has 0 unspecified atom stereocenters. The lowest BCUT2D eigenvalue weighted by Gasteiger charge is -2.25. The molecule has 1 aliphatic rings. The molecule has 6 rings (SSSR count). The first-order chi connectivity index (χ1) is 17.1. The van der Waals surface area contributed by atoms with E-state index in [1.165, 1.54) is 6.33 Å². The number of hydrogen-bond acceptors (Lipinski definition) is 8. The number of aryl methyl sites for hydroxylation is 1. The van der Waals surface area contributed by atoms with Gasteiger partial charge < -0.3 is 10.1 Å². The normalized spacial score (nSPS) is 14.6. The number of nitrogens with one attached hydrogen (secondary N) is 1. The van der Waals surface area contributed by atoms with Crippen molar-refractivity contribution in [2.24, 2.45) is 0 Å². The van der Waals surface area contributed by atoms with E-state index < -0.39 is 0 Å². The van der Waals surface area contributed by atoms with Crippen LogP contribution in [0.2, 0.25) is 0 Å². The minimum absolute atomic E-state index is 0.343. The quantitative estimate of drug-likeness (QED) is 0.402. The molecule has 1 aromatic carbocycles. The van der Waals surface area contributed by atoms with Crippen LogP contribution in [0.5, 0.6) is 11.5 Å². The van der Waals surface area contributed by atoms with E-state index in [-0.39, 0.29) is 0 Å². The Balaban J connectivity index is 1.23. The lowest BCUT2D eigenvalue weighted by molar-refractivity contribution is -0.121. The van der Waals surface area contributed by atoms with Crippen molar-refractivity contribution in [3.8, 4) is 11.5 Å². The molecule has 0 atom stereocenters. The Bertz CT molecular complexity index is 1530. The number of pyridine rings is 1. The number of anilines is 2. The van der Waals surface area contributed by atoms with E-state index in [4.69, 9.17) is 4.74 Å². The van der Waals surface area contributed by atoms with Gasteiger partial charge in [0.05, 0.1) is 0 Å². The van der Waals surface area contributed by atoms with Gasteiger partial charge in [0, 0.05) is 56.6 Å². The number of carbonyl (C=O) groups is 1. The Morgan fingerprint density at radius 3 is 2.63 bits per heavy atom. The summed E-state index contributed by atoms with van der Waals surface area (Å²) in [5.74, 6) is 2.54. The number of hydrogen-bond donors (Lipinski definition) is 1. The molecular weight excluding hydrogens is 444 g/mol. The second kappa shape index (κ2) is 8.80. The topological polar surface area (TPSA) is 102 Å². The van der Waals surface area contributed by atoms with E-state index in [2.05, 4.69) is 36.4 Å². The Morgan fingerprint density at radius 2 is 1.77 bits per heavy atom. The first kappa shape index (κ1) is 21.2. The molecule has 1 aliphatic heterocycles. The van der Waals surface area contributed by atoms with Crippen molar-refractivity contribution in [1.82, 2.24) is 34.1 Å². The highest BCUT2D eigenvalue weighted by molar-refractivity contribution is 5.79. The standard InChI is InChI=1S/C25H24N8O2/c1-17-12-19(2-3-22(17)35-21-7-11-32-23(13-21)26-15-28-32)30-25-24-18(4-10-33(24)29-16-27-25)14-31-8-5-20(34)6-9-31/h2-4,7,10-13,15-16H,5-6,8-9,14H2,1H3,(H,27,29,30). The Labute approximate surface area is 201 Å². The summed E-state index contributed by atoms with van der Waals surface area (Å²) in [4.78, 5) is 22.6. The molecule has 5 aromatic rings. The van der Waals surface area contributed by atoms with Gasteiger partial charge >= 0.3 is 0 Å².